The van der Waals surface area contributed by atoms with Gasteiger partial charge in [-0.15, -0.1) is 12.4 Å². The van der Waals surface area contributed by atoms with Crippen LogP contribution in [0.4, 0.5) is 10.5 Å². The highest BCUT2D eigenvalue weighted by atomic mass is 35.5. The third-order valence-corrected chi connectivity index (χ3v) is 5.74. The van der Waals surface area contributed by atoms with Crippen LogP contribution in [0, 0.1) is 0 Å². The van der Waals surface area contributed by atoms with Crippen LogP contribution in [0.3, 0.4) is 0 Å². The Labute approximate surface area is 180 Å². The third kappa shape index (κ3) is 3.48. The average Bonchev–Trinajstić information content (AvgIpc) is 2.87. The molecular formula is C20H20Cl3N3O2. The second-order valence-corrected chi connectivity index (χ2v) is 7.97. The summed E-state index contributed by atoms with van der Waals surface area (Å²) >= 11 is 12.7. The molecular weight excluding hydrogens is 421 g/mol. The molecule has 2 aliphatic heterocycles. The summed E-state index contributed by atoms with van der Waals surface area (Å²) in [6.45, 7) is 1.56. The number of fused-ring (bicyclic) bond motifs is 1. The van der Waals surface area contributed by atoms with Gasteiger partial charge in [-0.25, -0.2) is 9.69 Å². The molecule has 2 heterocycles. The summed E-state index contributed by atoms with van der Waals surface area (Å²) in [5.74, 6) is -0.263. The molecule has 1 atom stereocenters. The SMILES string of the molecule is CN1Cc2c(Cl)cc(Cl)cc2[C@H](c2ccccc2N2C(=O)CN(C)C2=O)C1.Cl. The Hall–Kier alpha value is -1.79. The lowest BCUT2D eigenvalue weighted by Crippen LogP contribution is -2.35. The van der Waals surface area contributed by atoms with Crippen molar-refractivity contribution in [2.75, 3.05) is 32.1 Å². The zero-order valence-corrected chi connectivity index (χ0v) is 17.8. The zero-order valence-electron chi connectivity index (χ0n) is 15.5. The van der Waals surface area contributed by atoms with Crippen LogP contribution in [0.2, 0.25) is 10.0 Å². The van der Waals surface area contributed by atoms with E-state index in [2.05, 4.69) is 4.90 Å². The number of carbonyl (C=O) groups is 2. The minimum Gasteiger partial charge on any atom is -0.318 e. The number of benzene rings is 2. The van der Waals surface area contributed by atoms with Gasteiger partial charge in [0, 0.05) is 36.1 Å². The van der Waals surface area contributed by atoms with Crippen molar-refractivity contribution in [1.82, 2.24) is 9.80 Å². The van der Waals surface area contributed by atoms with Crippen LogP contribution >= 0.6 is 35.6 Å². The molecule has 5 nitrogen and oxygen atoms in total. The monoisotopic (exact) mass is 439 g/mol. The minimum atomic E-state index is -0.305. The van der Waals surface area contributed by atoms with Crippen molar-refractivity contribution < 1.29 is 9.59 Å². The number of halogens is 3. The van der Waals surface area contributed by atoms with Crippen molar-refractivity contribution >= 4 is 53.2 Å². The summed E-state index contributed by atoms with van der Waals surface area (Å²) in [4.78, 5) is 29.9. The minimum absolute atomic E-state index is 0. The Balaban J connectivity index is 0.00000225. The fourth-order valence-corrected chi connectivity index (χ4v) is 4.52. The first-order valence-corrected chi connectivity index (χ1v) is 9.45. The number of rotatable bonds is 2. The van der Waals surface area contributed by atoms with E-state index in [9.17, 15) is 9.59 Å². The highest BCUT2D eigenvalue weighted by molar-refractivity contribution is 6.35. The molecule has 0 unspecified atom stereocenters. The van der Waals surface area contributed by atoms with E-state index in [0.29, 0.717) is 15.7 Å². The Morgan fingerprint density at radius 2 is 1.71 bits per heavy atom. The van der Waals surface area contributed by atoms with Crippen LogP contribution < -0.4 is 4.90 Å². The third-order valence-electron chi connectivity index (χ3n) is 5.19. The molecule has 0 aliphatic carbocycles. The topological polar surface area (TPSA) is 43.9 Å². The molecule has 28 heavy (non-hydrogen) atoms. The van der Waals surface area contributed by atoms with Gasteiger partial charge in [-0.3, -0.25) is 4.79 Å². The Kier molecular flexibility index (Phi) is 5.92. The van der Waals surface area contributed by atoms with Crippen molar-refractivity contribution in [2.24, 2.45) is 0 Å². The predicted octanol–water partition coefficient (Wildman–Crippen LogP) is 4.39. The standard InChI is InChI=1S/C20H19Cl2N3O2.ClH/c1-23-9-15(14-7-12(21)8-17(22)16(14)10-23)13-5-3-4-6-18(13)25-19(26)11-24(2)20(25)27;/h3-8,15H,9-11H2,1-2H3;1H/t15-;/m0./s1. The van der Waals surface area contributed by atoms with Crippen molar-refractivity contribution in [3.63, 3.8) is 0 Å². The van der Waals surface area contributed by atoms with Gasteiger partial charge >= 0.3 is 6.03 Å². The van der Waals surface area contributed by atoms with Gasteiger partial charge in [0.2, 0.25) is 0 Å². The predicted molar refractivity (Wildman–Crippen MR) is 114 cm³/mol. The van der Waals surface area contributed by atoms with Crippen LogP contribution in [0.15, 0.2) is 36.4 Å². The summed E-state index contributed by atoms with van der Waals surface area (Å²) in [6, 6.07) is 11.0. The molecule has 0 N–H and O–H groups in total. The van der Waals surface area contributed by atoms with Crippen LogP contribution in [0.5, 0.6) is 0 Å². The van der Waals surface area contributed by atoms with Gasteiger partial charge in [0.15, 0.2) is 0 Å². The number of carbonyl (C=O) groups excluding carboxylic acids is 2. The van der Waals surface area contributed by atoms with E-state index in [1.54, 1.807) is 13.1 Å². The molecule has 0 bridgehead atoms. The number of hydrogen-bond acceptors (Lipinski definition) is 3. The summed E-state index contributed by atoms with van der Waals surface area (Å²) in [7, 11) is 3.66. The Bertz CT molecular complexity index is 950. The fraction of sp³-hybridized carbons (Fsp3) is 0.300. The zero-order chi connectivity index (χ0) is 19.3. The second-order valence-electron chi connectivity index (χ2n) is 7.13. The van der Waals surface area contributed by atoms with Gasteiger partial charge in [0.1, 0.15) is 6.54 Å². The number of para-hydroxylation sites is 1. The smallest absolute Gasteiger partial charge is 0.318 e. The molecule has 2 aromatic rings. The molecule has 2 aromatic carbocycles. The number of imide groups is 1. The average molecular weight is 441 g/mol. The lowest BCUT2D eigenvalue weighted by Gasteiger charge is -2.35. The molecule has 2 aliphatic rings. The lowest BCUT2D eigenvalue weighted by atomic mass is 9.83. The first-order valence-electron chi connectivity index (χ1n) is 8.70. The molecule has 1 fully saturated rings. The largest absolute Gasteiger partial charge is 0.331 e. The summed E-state index contributed by atoms with van der Waals surface area (Å²) in [5, 5.41) is 1.22. The van der Waals surface area contributed by atoms with E-state index in [1.807, 2.05) is 37.4 Å². The highest BCUT2D eigenvalue weighted by Gasteiger charge is 2.38. The van der Waals surface area contributed by atoms with E-state index in [-0.39, 0.29) is 36.8 Å². The highest BCUT2D eigenvalue weighted by Crippen LogP contribution is 2.41. The van der Waals surface area contributed by atoms with E-state index in [0.717, 1.165) is 29.8 Å². The molecule has 0 saturated carbocycles. The number of hydrogen-bond donors (Lipinski definition) is 0. The maximum atomic E-state index is 12.5. The van der Waals surface area contributed by atoms with Gasteiger partial charge in [0.25, 0.3) is 5.91 Å². The molecule has 8 heteroatoms. The maximum absolute atomic E-state index is 12.5. The van der Waals surface area contributed by atoms with Crippen molar-refractivity contribution in [2.45, 2.75) is 12.5 Å². The summed E-state index contributed by atoms with van der Waals surface area (Å²) in [5.41, 5.74) is 3.62. The van der Waals surface area contributed by atoms with Gasteiger partial charge in [-0.1, -0.05) is 41.4 Å². The number of anilines is 1. The Morgan fingerprint density at radius 1 is 1.00 bits per heavy atom. The van der Waals surface area contributed by atoms with Crippen LogP contribution in [-0.4, -0.2) is 48.9 Å². The first kappa shape index (κ1) is 20.9. The quantitative estimate of drug-likeness (QED) is 0.651. The molecule has 0 radical (unpaired) electrons. The summed E-state index contributed by atoms with van der Waals surface area (Å²) in [6.07, 6.45) is 0. The van der Waals surface area contributed by atoms with E-state index < -0.39 is 0 Å². The van der Waals surface area contributed by atoms with Crippen molar-refractivity contribution in [3.8, 4) is 0 Å². The van der Waals surface area contributed by atoms with Crippen LogP contribution in [0.1, 0.15) is 22.6 Å². The lowest BCUT2D eigenvalue weighted by molar-refractivity contribution is -0.116. The van der Waals surface area contributed by atoms with Crippen molar-refractivity contribution in [1.29, 1.82) is 0 Å². The number of amides is 3. The van der Waals surface area contributed by atoms with Gasteiger partial charge in [0.05, 0.1) is 5.69 Å². The summed E-state index contributed by atoms with van der Waals surface area (Å²) < 4.78 is 0. The van der Waals surface area contributed by atoms with Gasteiger partial charge < -0.3 is 9.80 Å². The molecule has 1 saturated heterocycles. The maximum Gasteiger partial charge on any atom is 0.331 e. The molecule has 4 rings (SSSR count). The van der Waals surface area contributed by atoms with Gasteiger partial charge in [-0.05, 0) is 41.9 Å². The second kappa shape index (κ2) is 7.91. The number of likely N-dealkylation sites (N-methyl/N-ethyl adjacent to an activating group) is 2. The molecule has 148 valence electrons. The Morgan fingerprint density at radius 3 is 2.39 bits per heavy atom. The molecule has 0 spiro atoms. The van der Waals surface area contributed by atoms with E-state index >= 15 is 0 Å². The normalized spacial score (nSPS) is 19.6. The molecule has 3 amide bonds. The van der Waals surface area contributed by atoms with Gasteiger partial charge in [-0.2, -0.15) is 0 Å². The number of nitrogens with zero attached hydrogens (tertiary/aromatic N) is 3. The van der Waals surface area contributed by atoms with E-state index in [4.69, 9.17) is 23.2 Å². The van der Waals surface area contributed by atoms with E-state index in [1.165, 1.54) is 9.80 Å². The van der Waals surface area contributed by atoms with Crippen molar-refractivity contribution in [3.05, 3.63) is 63.1 Å². The fourth-order valence-electron chi connectivity index (χ4n) is 3.95. The van der Waals surface area contributed by atoms with Crippen LogP contribution in [0.25, 0.3) is 0 Å². The van der Waals surface area contributed by atoms with Crippen LogP contribution in [-0.2, 0) is 11.3 Å². The first-order chi connectivity index (χ1) is 12.9. The number of urea groups is 1. The molecule has 0 aromatic heterocycles.